The van der Waals surface area contributed by atoms with E-state index in [1.807, 2.05) is 6.92 Å². The zero-order valence-electron chi connectivity index (χ0n) is 45.3. The average molecular weight is 1110 g/mol. The van der Waals surface area contributed by atoms with E-state index in [1.165, 1.54) is 12.5 Å². The quantitative estimate of drug-likeness (QED) is 0.0569. The molecule has 4 saturated heterocycles. The van der Waals surface area contributed by atoms with Gasteiger partial charge in [-0.05, 0) is 111 Å². The summed E-state index contributed by atoms with van der Waals surface area (Å²) in [6.07, 6.45) is -23.3. The highest BCUT2D eigenvalue weighted by atomic mass is 16.8. The Bertz CT molecular complexity index is 2110. The molecule has 4 saturated carbocycles. The van der Waals surface area contributed by atoms with Gasteiger partial charge in [0, 0.05) is 5.41 Å². The molecule has 0 aromatic heterocycles. The van der Waals surface area contributed by atoms with Gasteiger partial charge in [-0.15, -0.1) is 0 Å². The summed E-state index contributed by atoms with van der Waals surface area (Å²) in [6, 6.07) is 0. The zero-order valence-corrected chi connectivity index (χ0v) is 45.3. The molecule has 23 heteroatoms. The Balaban J connectivity index is 0.912. The number of hydrogen-bond acceptors (Lipinski definition) is 23. The molecule has 8 fully saturated rings. The summed E-state index contributed by atoms with van der Waals surface area (Å²) in [5, 5.41) is 150. The molecule has 9 aliphatic rings. The predicted octanol–water partition coefficient (Wildman–Crippen LogP) is -2.04. The Kier molecular flexibility index (Phi) is 17.0. The Hall–Kier alpha value is -1.63. The first-order valence-corrected chi connectivity index (χ1v) is 27.9. The second-order valence-electron chi connectivity index (χ2n) is 26.1. The van der Waals surface area contributed by atoms with Crippen molar-refractivity contribution in [2.24, 2.45) is 50.2 Å². The lowest BCUT2D eigenvalue weighted by atomic mass is 9.33. The van der Waals surface area contributed by atoms with Crippen molar-refractivity contribution in [3.05, 3.63) is 11.6 Å². The first kappa shape index (κ1) is 60.0. The summed E-state index contributed by atoms with van der Waals surface area (Å²) >= 11 is 0. The lowest BCUT2D eigenvalue weighted by molar-refractivity contribution is -0.367. The summed E-state index contributed by atoms with van der Waals surface area (Å²) < 4.78 is 47.2. The SMILES string of the molecule is C[C@@H]1O[C@@H](O[C@H]2[C@H](O)[C@@H](O)[C@H](O[C@H]3CC[C@@]4(C)[C@@H](CC[C@]5(C)[C@@H]4CC=C4[C@@H]6CC(C)(C)CC[C@]6(C(=O)O[C@@H]6O[C@H](CO[C@@H]7O[C@H](CO)[C@H](O)[C@H](O)[C@H]7O)[C@@H](O)[C@H](O)[C@H]6O)CC[C@]45C)[C@]3(C)CO)O[C@@H]2CO)[C@H](O)[C@H](O)[C@H]1O. The van der Waals surface area contributed by atoms with E-state index in [4.69, 9.17) is 37.9 Å². The van der Waals surface area contributed by atoms with E-state index in [-0.39, 0.29) is 46.0 Å². The topological polar surface area (TPSA) is 374 Å². The molecule has 4 heterocycles. The van der Waals surface area contributed by atoms with Crippen LogP contribution in [0.3, 0.4) is 0 Å². The first-order chi connectivity index (χ1) is 36.1. The number of hydrogen-bond donors (Lipinski definition) is 14. The van der Waals surface area contributed by atoms with Crippen LogP contribution in [-0.4, -0.2) is 233 Å². The molecule has 77 heavy (non-hydrogen) atoms. The molecule has 442 valence electrons. The smallest absolute Gasteiger partial charge is 0.315 e. The summed E-state index contributed by atoms with van der Waals surface area (Å²) in [6.45, 7) is 12.6. The molecular formula is C54H88O23. The van der Waals surface area contributed by atoms with Crippen LogP contribution in [0.5, 0.6) is 0 Å². The zero-order chi connectivity index (χ0) is 56.3. The maximum Gasteiger partial charge on any atom is 0.315 e. The normalized spacial score (nSPS) is 54.7. The van der Waals surface area contributed by atoms with Crippen LogP contribution in [0, 0.1) is 50.2 Å². The minimum absolute atomic E-state index is 0.0760. The van der Waals surface area contributed by atoms with Gasteiger partial charge in [-0.2, -0.15) is 0 Å². The number of ether oxygens (including phenoxy) is 8. The van der Waals surface area contributed by atoms with E-state index in [9.17, 15) is 71.5 Å². The van der Waals surface area contributed by atoms with Crippen molar-refractivity contribution in [2.75, 3.05) is 26.4 Å². The standard InChI is InChI=1S/C54H88O23/c1-23-32(58)35(61)40(66)45(71-23)76-43-27(20-56)73-46(42(68)38(43)64)75-31-11-12-50(4)29(51(31,5)22-57)10-13-53(7)30(50)9-8-24-25-18-49(2,3)14-16-54(25,17-15-52(24,53)6)48(69)77-47-41(67)37(63)34(60)28(74-47)21-70-44-39(65)36(62)33(59)26(19-55)72-44/h8,23,25-47,55-68H,9-22H2,1-7H3/t23-,25-,26+,27+,28+,29+,30+,31-,32-,33-,34+,35+,36-,37-,38+,39+,40+,41+,42+,43+,44+,45-,46-,47-,50-,51-,52+,53+,54-/m0/s1. The third kappa shape index (κ3) is 9.80. The number of carbonyl (C=O) groups is 1. The average Bonchev–Trinajstić information content (AvgIpc) is 3.55. The number of esters is 1. The van der Waals surface area contributed by atoms with Gasteiger partial charge >= 0.3 is 5.97 Å². The Morgan fingerprint density at radius 3 is 1.82 bits per heavy atom. The van der Waals surface area contributed by atoms with Gasteiger partial charge in [0.05, 0.1) is 44.1 Å². The monoisotopic (exact) mass is 1100 g/mol. The van der Waals surface area contributed by atoms with Gasteiger partial charge in [0.1, 0.15) is 91.6 Å². The number of aliphatic hydroxyl groups excluding tert-OH is 14. The Morgan fingerprint density at radius 2 is 1.16 bits per heavy atom. The second kappa shape index (κ2) is 21.8. The van der Waals surface area contributed by atoms with Crippen molar-refractivity contribution in [3.63, 3.8) is 0 Å². The minimum Gasteiger partial charge on any atom is -0.432 e. The molecule has 5 aliphatic carbocycles. The lowest BCUT2D eigenvalue weighted by Gasteiger charge is -2.71. The number of rotatable bonds is 12. The fourth-order valence-corrected chi connectivity index (χ4v) is 16.4. The van der Waals surface area contributed by atoms with Gasteiger partial charge in [0.15, 0.2) is 18.9 Å². The molecule has 29 atom stereocenters. The molecule has 0 aromatic rings. The van der Waals surface area contributed by atoms with Crippen LogP contribution in [0.2, 0.25) is 0 Å². The highest BCUT2D eigenvalue weighted by Gasteiger charge is 2.71. The summed E-state index contributed by atoms with van der Waals surface area (Å²) in [7, 11) is 0. The van der Waals surface area contributed by atoms with Crippen LogP contribution in [0.25, 0.3) is 0 Å². The lowest BCUT2D eigenvalue weighted by Crippen LogP contribution is -2.67. The largest absolute Gasteiger partial charge is 0.432 e. The molecule has 0 unspecified atom stereocenters. The van der Waals surface area contributed by atoms with Gasteiger partial charge in [-0.1, -0.05) is 53.2 Å². The third-order valence-corrected chi connectivity index (χ3v) is 21.5. The molecule has 0 bridgehead atoms. The molecule has 0 spiro atoms. The Morgan fingerprint density at radius 1 is 0.584 bits per heavy atom. The summed E-state index contributed by atoms with van der Waals surface area (Å²) in [5.74, 6) is -0.807. The maximum absolute atomic E-state index is 15.1. The van der Waals surface area contributed by atoms with Gasteiger partial charge < -0.3 is 109 Å². The molecule has 23 nitrogen and oxygen atoms in total. The fraction of sp³-hybridized carbons (Fsp3) is 0.944. The number of carbonyl (C=O) groups excluding carboxylic acids is 1. The van der Waals surface area contributed by atoms with Crippen molar-refractivity contribution < 1.29 is 114 Å². The predicted molar refractivity (Wildman–Crippen MR) is 263 cm³/mol. The van der Waals surface area contributed by atoms with E-state index in [0.717, 1.165) is 6.42 Å². The molecule has 14 N–H and O–H groups in total. The summed E-state index contributed by atoms with van der Waals surface area (Å²) in [4.78, 5) is 15.1. The van der Waals surface area contributed by atoms with Crippen LogP contribution in [0.15, 0.2) is 11.6 Å². The van der Waals surface area contributed by atoms with Crippen LogP contribution >= 0.6 is 0 Å². The third-order valence-electron chi connectivity index (χ3n) is 21.5. The maximum atomic E-state index is 15.1. The minimum atomic E-state index is -1.85. The highest BCUT2D eigenvalue weighted by molar-refractivity contribution is 5.79. The van der Waals surface area contributed by atoms with E-state index < -0.39 is 166 Å². The number of allylic oxidation sites excluding steroid dienone is 2. The highest BCUT2D eigenvalue weighted by Crippen LogP contribution is 2.76. The molecule has 4 aliphatic heterocycles. The van der Waals surface area contributed by atoms with E-state index in [2.05, 4.69) is 40.7 Å². The van der Waals surface area contributed by atoms with Crippen LogP contribution < -0.4 is 0 Å². The molecule has 0 aromatic carbocycles. The molecule has 0 amide bonds. The molecule has 9 rings (SSSR count). The fourth-order valence-electron chi connectivity index (χ4n) is 16.4. The second-order valence-corrected chi connectivity index (χ2v) is 26.1. The number of aliphatic hydroxyl groups is 14. The Labute approximate surface area is 449 Å². The first-order valence-electron chi connectivity index (χ1n) is 27.9. The molecule has 0 radical (unpaired) electrons. The van der Waals surface area contributed by atoms with Crippen molar-refractivity contribution in [2.45, 2.75) is 242 Å². The van der Waals surface area contributed by atoms with Crippen molar-refractivity contribution in [3.8, 4) is 0 Å². The van der Waals surface area contributed by atoms with E-state index >= 15 is 4.79 Å². The van der Waals surface area contributed by atoms with Gasteiger partial charge in [-0.3, -0.25) is 4.79 Å². The van der Waals surface area contributed by atoms with Crippen molar-refractivity contribution in [1.29, 1.82) is 0 Å². The molecular weight excluding hydrogens is 1020 g/mol. The van der Waals surface area contributed by atoms with Crippen molar-refractivity contribution in [1.82, 2.24) is 0 Å². The van der Waals surface area contributed by atoms with Gasteiger partial charge in [-0.25, -0.2) is 0 Å². The number of fused-ring (bicyclic) bond motifs is 7. The summed E-state index contributed by atoms with van der Waals surface area (Å²) in [5.41, 5.74) is -1.84. The van der Waals surface area contributed by atoms with Gasteiger partial charge in [0.25, 0.3) is 0 Å². The van der Waals surface area contributed by atoms with Crippen LogP contribution in [-0.2, 0) is 42.7 Å². The van der Waals surface area contributed by atoms with Crippen LogP contribution in [0.1, 0.15) is 113 Å². The van der Waals surface area contributed by atoms with Crippen LogP contribution in [0.4, 0.5) is 0 Å². The van der Waals surface area contributed by atoms with Gasteiger partial charge in [0.2, 0.25) is 6.29 Å². The van der Waals surface area contributed by atoms with Crippen molar-refractivity contribution >= 4 is 5.97 Å². The van der Waals surface area contributed by atoms with E-state index in [0.29, 0.717) is 57.8 Å². The van der Waals surface area contributed by atoms with E-state index in [1.54, 1.807) is 0 Å².